The molecule has 0 aliphatic carbocycles. The van der Waals surface area contributed by atoms with Crippen LogP contribution >= 0.6 is 11.6 Å². The Labute approximate surface area is 102 Å². The molecule has 17 heavy (non-hydrogen) atoms. The van der Waals surface area contributed by atoms with E-state index in [0.717, 1.165) is 16.6 Å². The van der Waals surface area contributed by atoms with Crippen LogP contribution in [0.1, 0.15) is 5.56 Å². The highest BCUT2D eigenvalue weighted by atomic mass is 35.5. The Kier molecular flexibility index (Phi) is 3.19. The number of aromatic nitrogens is 2. The van der Waals surface area contributed by atoms with Gasteiger partial charge in [0, 0.05) is 13.6 Å². The Morgan fingerprint density at radius 1 is 1.35 bits per heavy atom. The summed E-state index contributed by atoms with van der Waals surface area (Å²) in [6.07, 6.45) is 0.693. The van der Waals surface area contributed by atoms with Crippen molar-refractivity contribution in [3.8, 4) is 0 Å². The SMILES string of the molecule is CN(CCc1ccc2[nH]c(=O)[nH]c2c1)C(=O)Cl. The normalized spacial score (nSPS) is 10.7. The van der Waals surface area contributed by atoms with E-state index < -0.39 is 5.37 Å². The minimum absolute atomic E-state index is 0.217. The van der Waals surface area contributed by atoms with Crippen LogP contribution in [0.25, 0.3) is 11.0 Å². The number of benzene rings is 1. The van der Waals surface area contributed by atoms with Crippen LogP contribution in [0.4, 0.5) is 4.79 Å². The van der Waals surface area contributed by atoms with Crippen LogP contribution in [0.15, 0.2) is 23.0 Å². The highest BCUT2D eigenvalue weighted by Gasteiger charge is 2.05. The quantitative estimate of drug-likeness (QED) is 0.646. The zero-order chi connectivity index (χ0) is 12.4. The van der Waals surface area contributed by atoms with E-state index in [-0.39, 0.29) is 5.69 Å². The van der Waals surface area contributed by atoms with Crippen molar-refractivity contribution in [2.24, 2.45) is 0 Å². The molecule has 0 spiro atoms. The maximum atomic E-state index is 11.1. The van der Waals surface area contributed by atoms with Gasteiger partial charge in [0.15, 0.2) is 0 Å². The molecule has 0 radical (unpaired) electrons. The standard InChI is InChI=1S/C11H12ClN3O2/c1-15(10(12)16)5-4-7-2-3-8-9(6-7)14-11(17)13-8/h2-3,6H,4-5H2,1H3,(H2,13,14,17). The maximum absolute atomic E-state index is 11.1. The third-order valence-electron chi connectivity index (χ3n) is 2.62. The summed E-state index contributed by atoms with van der Waals surface area (Å²) < 4.78 is 0. The second-order valence-electron chi connectivity index (χ2n) is 3.88. The molecule has 90 valence electrons. The van der Waals surface area contributed by atoms with E-state index >= 15 is 0 Å². The third kappa shape index (κ3) is 2.68. The van der Waals surface area contributed by atoms with Crippen molar-refractivity contribution in [3.05, 3.63) is 34.2 Å². The molecule has 5 nitrogen and oxygen atoms in total. The van der Waals surface area contributed by atoms with E-state index in [1.807, 2.05) is 18.2 Å². The van der Waals surface area contributed by atoms with Gasteiger partial charge in [0.25, 0.3) is 0 Å². The lowest BCUT2D eigenvalue weighted by atomic mass is 10.1. The van der Waals surface area contributed by atoms with Crippen LogP contribution in [-0.2, 0) is 6.42 Å². The molecule has 2 rings (SSSR count). The Morgan fingerprint density at radius 3 is 2.76 bits per heavy atom. The first kappa shape index (κ1) is 11.7. The summed E-state index contributed by atoms with van der Waals surface area (Å²) in [5, 5.41) is -0.471. The van der Waals surface area contributed by atoms with Gasteiger partial charge in [-0.25, -0.2) is 4.79 Å². The summed E-state index contributed by atoms with van der Waals surface area (Å²) >= 11 is 5.33. The van der Waals surface area contributed by atoms with Gasteiger partial charge in [-0.05, 0) is 35.7 Å². The van der Waals surface area contributed by atoms with E-state index in [0.29, 0.717) is 13.0 Å². The molecule has 1 heterocycles. The van der Waals surface area contributed by atoms with Gasteiger partial charge in [-0.2, -0.15) is 0 Å². The number of fused-ring (bicyclic) bond motifs is 1. The Morgan fingerprint density at radius 2 is 2.06 bits per heavy atom. The van der Waals surface area contributed by atoms with Gasteiger partial charge in [0.05, 0.1) is 11.0 Å². The molecule has 2 N–H and O–H groups in total. The van der Waals surface area contributed by atoms with Crippen molar-refractivity contribution >= 4 is 28.0 Å². The van der Waals surface area contributed by atoms with Gasteiger partial charge in [-0.3, -0.25) is 4.79 Å². The lowest BCUT2D eigenvalue weighted by Gasteiger charge is -2.12. The number of aromatic amines is 2. The van der Waals surface area contributed by atoms with Crippen molar-refractivity contribution < 1.29 is 4.79 Å². The minimum atomic E-state index is -0.471. The molecule has 2 aromatic rings. The van der Waals surface area contributed by atoms with Gasteiger partial charge in [-0.1, -0.05) is 6.07 Å². The number of halogens is 1. The second-order valence-corrected chi connectivity index (χ2v) is 4.21. The third-order valence-corrected chi connectivity index (χ3v) is 2.90. The van der Waals surface area contributed by atoms with E-state index in [1.54, 1.807) is 7.05 Å². The van der Waals surface area contributed by atoms with Crippen molar-refractivity contribution in [2.75, 3.05) is 13.6 Å². The Hall–Kier alpha value is -1.75. The number of hydrogen-bond acceptors (Lipinski definition) is 2. The zero-order valence-corrected chi connectivity index (χ0v) is 10.0. The predicted octanol–water partition coefficient (Wildman–Crippen LogP) is 1.69. The molecule has 0 aliphatic heterocycles. The molecule has 0 bridgehead atoms. The summed E-state index contributed by atoms with van der Waals surface area (Å²) in [4.78, 5) is 28.7. The molecular formula is C11H12ClN3O2. The fourth-order valence-corrected chi connectivity index (χ4v) is 1.70. The molecule has 0 saturated carbocycles. The largest absolute Gasteiger partial charge is 0.332 e. The average Bonchev–Trinajstić information content (AvgIpc) is 2.64. The molecule has 1 amide bonds. The van der Waals surface area contributed by atoms with E-state index in [2.05, 4.69) is 9.97 Å². The molecule has 6 heteroatoms. The summed E-state index contributed by atoms with van der Waals surface area (Å²) in [6, 6.07) is 5.64. The van der Waals surface area contributed by atoms with Crippen molar-refractivity contribution in [1.82, 2.24) is 14.9 Å². The fourth-order valence-electron chi connectivity index (χ4n) is 1.62. The van der Waals surface area contributed by atoms with E-state index in [9.17, 15) is 9.59 Å². The minimum Gasteiger partial charge on any atom is -0.332 e. The van der Waals surface area contributed by atoms with Gasteiger partial charge >= 0.3 is 11.1 Å². The number of imidazole rings is 1. The van der Waals surface area contributed by atoms with Crippen LogP contribution in [0, 0.1) is 0 Å². The van der Waals surface area contributed by atoms with E-state index in [4.69, 9.17) is 11.6 Å². The van der Waals surface area contributed by atoms with Gasteiger partial charge in [0.2, 0.25) is 0 Å². The number of amides is 1. The van der Waals surface area contributed by atoms with Crippen molar-refractivity contribution in [2.45, 2.75) is 6.42 Å². The smallest absolute Gasteiger partial charge is 0.323 e. The maximum Gasteiger partial charge on any atom is 0.323 e. The van der Waals surface area contributed by atoms with Gasteiger partial charge in [-0.15, -0.1) is 0 Å². The first-order valence-corrected chi connectivity index (χ1v) is 5.55. The molecule has 0 unspecified atom stereocenters. The number of nitrogens with zero attached hydrogens (tertiary/aromatic N) is 1. The Balaban J connectivity index is 2.14. The molecule has 0 atom stereocenters. The summed E-state index contributed by atoms with van der Waals surface area (Å²) in [5.41, 5.74) is 2.37. The lowest BCUT2D eigenvalue weighted by Crippen LogP contribution is -2.23. The summed E-state index contributed by atoms with van der Waals surface area (Å²) in [7, 11) is 1.64. The predicted molar refractivity (Wildman–Crippen MR) is 66.5 cm³/mol. The number of likely N-dealkylation sites (N-methyl/N-ethyl adjacent to an activating group) is 1. The molecule has 1 aromatic heterocycles. The number of rotatable bonds is 3. The van der Waals surface area contributed by atoms with Crippen molar-refractivity contribution in [3.63, 3.8) is 0 Å². The van der Waals surface area contributed by atoms with Crippen LogP contribution < -0.4 is 5.69 Å². The molecule has 0 fully saturated rings. The van der Waals surface area contributed by atoms with E-state index in [1.165, 1.54) is 4.90 Å². The molecule has 0 saturated heterocycles. The lowest BCUT2D eigenvalue weighted by molar-refractivity contribution is 0.232. The van der Waals surface area contributed by atoms with Gasteiger partial charge in [0.1, 0.15) is 0 Å². The topological polar surface area (TPSA) is 69.0 Å². The first-order chi connectivity index (χ1) is 8.06. The van der Waals surface area contributed by atoms with Crippen LogP contribution in [0.5, 0.6) is 0 Å². The molecule has 1 aromatic carbocycles. The average molecular weight is 254 g/mol. The summed E-state index contributed by atoms with van der Waals surface area (Å²) in [5.74, 6) is 0. The number of hydrogen-bond donors (Lipinski definition) is 2. The van der Waals surface area contributed by atoms with Gasteiger partial charge < -0.3 is 14.9 Å². The fraction of sp³-hybridized carbons (Fsp3) is 0.273. The monoisotopic (exact) mass is 253 g/mol. The highest BCUT2D eigenvalue weighted by Crippen LogP contribution is 2.11. The number of carbonyl (C=O) groups excluding carboxylic acids is 1. The number of nitrogens with one attached hydrogen (secondary N) is 2. The van der Waals surface area contributed by atoms with Crippen LogP contribution in [0.3, 0.4) is 0 Å². The molecule has 0 aliphatic rings. The Bertz CT molecular complexity index is 602. The zero-order valence-electron chi connectivity index (χ0n) is 9.29. The highest BCUT2D eigenvalue weighted by molar-refractivity contribution is 6.62. The van der Waals surface area contributed by atoms with Crippen LogP contribution in [0.2, 0.25) is 0 Å². The summed E-state index contributed by atoms with van der Waals surface area (Å²) in [6.45, 7) is 0.544. The van der Waals surface area contributed by atoms with Crippen molar-refractivity contribution in [1.29, 1.82) is 0 Å². The number of carbonyl (C=O) groups is 1. The second kappa shape index (κ2) is 4.63. The van der Waals surface area contributed by atoms with Crippen LogP contribution in [-0.4, -0.2) is 33.8 Å². The first-order valence-electron chi connectivity index (χ1n) is 5.18. The number of H-pyrrole nitrogens is 2. The molecular weight excluding hydrogens is 242 g/mol.